The third-order valence-electron chi connectivity index (χ3n) is 10.9. The van der Waals surface area contributed by atoms with Gasteiger partial charge in [-0.25, -0.2) is 4.99 Å². The van der Waals surface area contributed by atoms with E-state index in [9.17, 15) is 4.79 Å². The van der Waals surface area contributed by atoms with Crippen LogP contribution in [0.1, 0.15) is 42.5 Å². The molecule has 0 amide bonds. The number of carbonyl (C=O) groups excluding carboxylic acids is 1. The lowest BCUT2D eigenvalue weighted by molar-refractivity contribution is -0.836. The van der Waals surface area contributed by atoms with Crippen molar-refractivity contribution in [2.45, 2.75) is 41.9 Å². The average molecular weight is 699 g/mol. The summed E-state index contributed by atoms with van der Waals surface area (Å²) in [5.74, 6) is 1.53. The summed E-state index contributed by atoms with van der Waals surface area (Å²) in [7, 11) is 0. The number of aliphatic imine (C=N–C) groups is 1. The number of hydrogen-bond acceptors (Lipinski definition) is 3. The minimum Gasteiger partial charge on any atom is -0.288 e. The molecule has 0 saturated carbocycles. The van der Waals surface area contributed by atoms with Gasteiger partial charge in [0.1, 0.15) is 12.7 Å². The van der Waals surface area contributed by atoms with E-state index in [1.165, 1.54) is 56.7 Å². The van der Waals surface area contributed by atoms with E-state index >= 15 is 0 Å². The molecule has 52 heavy (non-hydrogen) atoms. The van der Waals surface area contributed by atoms with Gasteiger partial charge in [-0.3, -0.25) is 9.28 Å². The quantitative estimate of drug-likeness (QED) is 0.0865. The maximum atomic E-state index is 13.1. The Labute approximate surface area is 314 Å². The first-order chi connectivity index (χ1) is 25.7. The summed E-state index contributed by atoms with van der Waals surface area (Å²) in [6.45, 7) is 3.66. The number of carbonyl (C=O) groups is 1. The Kier molecular flexibility index (Phi) is 11.6. The third-order valence-corrected chi connectivity index (χ3v) is 11.9. The fourth-order valence-electron chi connectivity index (χ4n) is 8.36. The van der Waals surface area contributed by atoms with Gasteiger partial charge in [0, 0.05) is 34.7 Å². The van der Waals surface area contributed by atoms with Crippen molar-refractivity contribution >= 4 is 51.4 Å². The van der Waals surface area contributed by atoms with Gasteiger partial charge in [0.2, 0.25) is 5.78 Å². The standard InChI is InChI=1S/C24H20B.C23H27N2OS/c1-5-13-21(14-6-1)25(22-15-7-2-8-16-22,23-17-9-3-10-18-23)24-19-11-4-12-20-24;26-22(18-25-16-6-2-5-10-23(25)24-15-7-17-25)19-11-13-21(14-12-19)27-20-8-3-1-4-9-20/h1-20H;1,3-4,8-9,11-14H,2,5-7,10,15-18H2/q-1;+1. The second-order valence-electron chi connectivity index (χ2n) is 14.1. The topological polar surface area (TPSA) is 29.4 Å². The van der Waals surface area contributed by atoms with Crippen molar-refractivity contribution in [2.75, 3.05) is 26.2 Å². The lowest BCUT2D eigenvalue weighted by Gasteiger charge is -2.44. The fraction of sp³-hybridized carbons (Fsp3) is 0.191. The summed E-state index contributed by atoms with van der Waals surface area (Å²) < 4.78 is 0.819. The smallest absolute Gasteiger partial charge is 0.217 e. The van der Waals surface area contributed by atoms with Gasteiger partial charge in [-0.15, -0.1) is 0 Å². The van der Waals surface area contributed by atoms with Crippen LogP contribution in [0.2, 0.25) is 0 Å². The molecule has 0 aromatic heterocycles. The Morgan fingerprint density at radius 2 is 0.962 bits per heavy atom. The number of quaternary nitrogens is 1. The van der Waals surface area contributed by atoms with Crippen molar-refractivity contribution in [1.29, 1.82) is 0 Å². The molecule has 0 bridgehead atoms. The minimum atomic E-state index is -1.22. The second kappa shape index (κ2) is 17.0. The number of nitrogens with zero attached hydrogens (tertiary/aromatic N) is 2. The molecule has 0 aliphatic carbocycles. The van der Waals surface area contributed by atoms with E-state index in [0.29, 0.717) is 6.54 Å². The molecule has 1 atom stereocenters. The van der Waals surface area contributed by atoms with Crippen LogP contribution >= 0.6 is 11.8 Å². The van der Waals surface area contributed by atoms with Crippen molar-refractivity contribution < 1.29 is 9.28 Å². The zero-order chi connectivity index (χ0) is 35.5. The van der Waals surface area contributed by atoms with Crippen molar-refractivity contribution in [1.82, 2.24) is 0 Å². The summed E-state index contributed by atoms with van der Waals surface area (Å²) in [5.41, 5.74) is 6.18. The summed E-state index contributed by atoms with van der Waals surface area (Å²) in [4.78, 5) is 20.3. The van der Waals surface area contributed by atoms with E-state index in [1.807, 2.05) is 30.3 Å². The largest absolute Gasteiger partial charge is 0.288 e. The van der Waals surface area contributed by atoms with Crippen molar-refractivity contribution in [2.24, 2.45) is 4.99 Å². The first-order valence-electron chi connectivity index (χ1n) is 18.8. The SMILES string of the molecule is O=C(C[N+]12CCCCCC1=NCCC2)c1ccc(Sc2ccccc2)cc1.c1ccc([B-](c2ccccc2)(c2ccccc2)c2ccccc2)cc1. The Morgan fingerprint density at radius 1 is 0.519 bits per heavy atom. The van der Waals surface area contributed by atoms with Crippen molar-refractivity contribution in [3.8, 4) is 0 Å². The van der Waals surface area contributed by atoms with Crippen LogP contribution in [0.25, 0.3) is 0 Å². The lowest BCUT2D eigenvalue weighted by atomic mass is 9.13. The van der Waals surface area contributed by atoms with E-state index in [-0.39, 0.29) is 5.78 Å². The molecule has 1 unspecified atom stereocenters. The molecule has 0 radical (unpaired) electrons. The highest BCUT2D eigenvalue weighted by Gasteiger charge is 2.39. The average Bonchev–Trinajstić information content (AvgIpc) is 3.43. The Morgan fingerprint density at radius 3 is 1.46 bits per heavy atom. The van der Waals surface area contributed by atoms with Crippen LogP contribution in [0, 0.1) is 0 Å². The van der Waals surface area contributed by atoms with E-state index < -0.39 is 6.15 Å². The number of ketones is 1. The number of amidine groups is 1. The van der Waals surface area contributed by atoms with Crippen molar-refractivity contribution in [3.05, 3.63) is 181 Å². The maximum Gasteiger partial charge on any atom is 0.217 e. The van der Waals surface area contributed by atoms with Crippen molar-refractivity contribution in [3.63, 3.8) is 0 Å². The van der Waals surface area contributed by atoms with Gasteiger partial charge in [-0.2, -0.15) is 21.9 Å². The molecule has 2 aliphatic rings. The molecular weight excluding hydrogens is 651 g/mol. The molecule has 0 N–H and O–H groups in total. The molecule has 2 heterocycles. The maximum absolute atomic E-state index is 13.1. The minimum absolute atomic E-state index is 0.253. The molecule has 8 rings (SSSR count). The van der Waals surface area contributed by atoms with Gasteiger partial charge < -0.3 is 0 Å². The molecule has 5 heteroatoms. The highest BCUT2D eigenvalue weighted by Crippen LogP contribution is 2.29. The number of rotatable bonds is 9. The van der Waals surface area contributed by atoms with Crippen LogP contribution in [0.4, 0.5) is 0 Å². The van der Waals surface area contributed by atoms with E-state index in [1.54, 1.807) is 11.8 Å². The zero-order valence-electron chi connectivity index (χ0n) is 29.9. The monoisotopic (exact) mass is 698 g/mol. The van der Waals surface area contributed by atoms with E-state index in [2.05, 4.69) is 146 Å². The van der Waals surface area contributed by atoms with Crippen LogP contribution in [-0.2, 0) is 0 Å². The Balaban J connectivity index is 0.000000162. The Hall–Kier alpha value is -4.97. The molecule has 6 aromatic rings. The molecule has 6 aromatic carbocycles. The number of fused-ring (bicyclic) bond motifs is 1. The first kappa shape index (κ1) is 35.4. The third kappa shape index (κ3) is 7.92. The van der Waals surface area contributed by atoms with Gasteiger partial charge in [0.05, 0.1) is 13.1 Å². The molecular formula is C47H47BN2OS. The zero-order valence-corrected chi connectivity index (χ0v) is 30.7. The van der Waals surface area contributed by atoms with Gasteiger partial charge in [-0.05, 0) is 43.5 Å². The van der Waals surface area contributed by atoms with Crippen LogP contribution < -0.4 is 21.9 Å². The van der Waals surface area contributed by atoms with E-state index in [4.69, 9.17) is 4.99 Å². The molecule has 3 nitrogen and oxygen atoms in total. The lowest BCUT2D eigenvalue weighted by Crippen LogP contribution is -2.74. The van der Waals surface area contributed by atoms with Crippen LogP contribution in [0.3, 0.4) is 0 Å². The summed E-state index contributed by atoms with van der Waals surface area (Å²) in [6.07, 6.45) is 4.64. The number of hydrogen-bond donors (Lipinski definition) is 0. The summed E-state index contributed by atoms with van der Waals surface area (Å²) >= 11 is 1.73. The fourth-order valence-corrected chi connectivity index (χ4v) is 9.20. The van der Waals surface area contributed by atoms with Gasteiger partial charge in [-0.1, -0.05) is 163 Å². The molecule has 0 spiro atoms. The Bertz CT molecular complexity index is 1880. The predicted octanol–water partition coefficient (Wildman–Crippen LogP) is 8.28. The number of benzene rings is 6. The molecule has 1 fully saturated rings. The predicted molar refractivity (Wildman–Crippen MR) is 222 cm³/mol. The molecule has 1 saturated heterocycles. The highest BCUT2D eigenvalue weighted by molar-refractivity contribution is 7.99. The molecule has 2 aliphatic heterocycles. The van der Waals surface area contributed by atoms with Gasteiger partial charge >= 0.3 is 0 Å². The number of Topliss-reactive ketones (excluding diaryl/α,β-unsaturated/α-hetero) is 1. The first-order valence-corrected chi connectivity index (χ1v) is 19.6. The van der Waals surface area contributed by atoms with Gasteiger partial charge in [0.15, 0.2) is 5.84 Å². The second-order valence-corrected chi connectivity index (χ2v) is 15.2. The summed E-state index contributed by atoms with van der Waals surface area (Å²) in [5, 5.41) is 0. The summed E-state index contributed by atoms with van der Waals surface area (Å²) in [6, 6.07) is 62.0. The van der Waals surface area contributed by atoms with Crippen LogP contribution in [0.5, 0.6) is 0 Å². The van der Waals surface area contributed by atoms with E-state index in [0.717, 1.165) is 42.5 Å². The van der Waals surface area contributed by atoms with Crippen LogP contribution in [-0.4, -0.2) is 48.4 Å². The molecule has 260 valence electrons. The van der Waals surface area contributed by atoms with Gasteiger partial charge in [0.25, 0.3) is 0 Å². The normalized spacial score (nSPS) is 17.0. The van der Waals surface area contributed by atoms with Crippen LogP contribution in [0.15, 0.2) is 191 Å². The highest BCUT2D eigenvalue weighted by atomic mass is 32.2.